The van der Waals surface area contributed by atoms with Gasteiger partial charge < -0.3 is 16.0 Å². The lowest BCUT2D eigenvalue weighted by atomic mass is 10.1. The molecule has 0 aliphatic rings. The highest BCUT2D eigenvalue weighted by atomic mass is 16.2. The van der Waals surface area contributed by atoms with Gasteiger partial charge in [0.05, 0.1) is 11.3 Å². The van der Waals surface area contributed by atoms with E-state index >= 15 is 0 Å². The molecule has 3 aromatic rings. The highest BCUT2D eigenvalue weighted by Gasteiger charge is 2.13. The normalized spacial score (nSPS) is 10.5. The lowest BCUT2D eigenvalue weighted by Crippen LogP contribution is -2.34. The number of urea groups is 1. The molecule has 3 N–H and O–H groups in total. The van der Waals surface area contributed by atoms with E-state index in [4.69, 9.17) is 0 Å². The van der Waals surface area contributed by atoms with Crippen LogP contribution in [0.25, 0.3) is 5.69 Å². The number of aromatic nitrogens is 4. The first-order valence-corrected chi connectivity index (χ1v) is 8.80. The Morgan fingerprint density at radius 1 is 1.07 bits per heavy atom. The van der Waals surface area contributed by atoms with E-state index in [0.717, 1.165) is 5.56 Å². The molecule has 3 amide bonds. The highest BCUT2D eigenvalue weighted by molar-refractivity contribution is 5.97. The summed E-state index contributed by atoms with van der Waals surface area (Å²) in [6, 6.07) is 14.2. The van der Waals surface area contributed by atoms with Gasteiger partial charge in [-0.15, -0.1) is 5.10 Å². The number of benzene rings is 2. The van der Waals surface area contributed by atoms with E-state index in [1.165, 1.54) is 11.0 Å². The van der Waals surface area contributed by atoms with Crippen molar-refractivity contribution in [3.63, 3.8) is 0 Å². The maximum atomic E-state index is 12.6. The highest BCUT2D eigenvalue weighted by Crippen LogP contribution is 2.13. The van der Waals surface area contributed by atoms with Gasteiger partial charge in [-0.25, -0.2) is 4.79 Å². The summed E-state index contributed by atoms with van der Waals surface area (Å²) in [7, 11) is 0. The summed E-state index contributed by atoms with van der Waals surface area (Å²) >= 11 is 0. The number of hydrogen-bond acceptors (Lipinski definition) is 5. The molecule has 3 rings (SSSR count). The van der Waals surface area contributed by atoms with Crippen molar-refractivity contribution < 1.29 is 9.59 Å². The summed E-state index contributed by atoms with van der Waals surface area (Å²) in [5.74, 6) is -0.232. The van der Waals surface area contributed by atoms with Gasteiger partial charge in [-0.3, -0.25) is 4.79 Å². The molecule has 0 aliphatic heterocycles. The molecule has 0 saturated carbocycles. The monoisotopic (exact) mass is 379 g/mol. The summed E-state index contributed by atoms with van der Waals surface area (Å²) < 4.78 is 1.44. The van der Waals surface area contributed by atoms with Crippen molar-refractivity contribution in [3.05, 3.63) is 66.0 Å². The molecule has 0 aliphatic carbocycles. The summed E-state index contributed by atoms with van der Waals surface area (Å²) in [6.07, 6.45) is 1.44. The van der Waals surface area contributed by atoms with Crippen molar-refractivity contribution in [1.82, 2.24) is 30.8 Å². The zero-order valence-corrected chi connectivity index (χ0v) is 15.6. The molecule has 28 heavy (non-hydrogen) atoms. The first-order valence-electron chi connectivity index (χ1n) is 8.80. The molecule has 1 heterocycles. The predicted octanol–water partition coefficient (Wildman–Crippen LogP) is 2.12. The third kappa shape index (κ3) is 4.91. The van der Waals surface area contributed by atoms with E-state index in [0.29, 0.717) is 23.5 Å². The van der Waals surface area contributed by atoms with Crippen LogP contribution in [-0.2, 0) is 6.54 Å². The number of carbonyl (C=O) groups is 2. The van der Waals surface area contributed by atoms with E-state index < -0.39 is 0 Å². The quantitative estimate of drug-likeness (QED) is 0.607. The number of anilines is 1. The minimum absolute atomic E-state index is 0.0608. The lowest BCUT2D eigenvalue weighted by Gasteiger charge is -2.11. The summed E-state index contributed by atoms with van der Waals surface area (Å²) in [4.78, 5) is 24.3. The van der Waals surface area contributed by atoms with Gasteiger partial charge in [-0.05, 0) is 54.1 Å². The van der Waals surface area contributed by atoms with Crippen LogP contribution in [0.1, 0.15) is 29.8 Å². The number of tetrazole rings is 1. The van der Waals surface area contributed by atoms with E-state index in [1.807, 2.05) is 32.0 Å². The van der Waals surface area contributed by atoms with Gasteiger partial charge in [0.2, 0.25) is 0 Å². The van der Waals surface area contributed by atoms with Crippen LogP contribution in [0.3, 0.4) is 0 Å². The zero-order valence-electron chi connectivity index (χ0n) is 15.6. The Morgan fingerprint density at radius 3 is 2.50 bits per heavy atom. The number of carbonyl (C=O) groups excluding carboxylic acids is 2. The molecule has 0 unspecified atom stereocenters. The Hall–Kier alpha value is -3.75. The van der Waals surface area contributed by atoms with Gasteiger partial charge in [0.25, 0.3) is 5.91 Å². The van der Waals surface area contributed by atoms with Crippen LogP contribution >= 0.6 is 0 Å². The van der Waals surface area contributed by atoms with Crippen molar-refractivity contribution in [2.24, 2.45) is 0 Å². The molecule has 0 bridgehead atoms. The van der Waals surface area contributed by atoms with E-state index in [2.05, 4.69) is 31.5 Å². The van der Waals surface area contributed by atoms with E-state index in [-0.39, 0.29) is 18.0 Å². The molecule has 9 nitrogen and oxygen atoms in total. The van der Waals surface area contributed by atoms with Crippen molar-refractivity contribution in [2.75, 3.05) is 5.32 Å². The number of nitrogens with one attached hydrogen (secondary N) is 3. The van der Waals surface area contributed by atoms with Crippen LogP contribution < -0.4 is 16.0 Å². The second-order valence-electron chi connectivity index (χ2n) is 6.40. The van der Waals surface area contributed by atoms with Gasteiger partial charge in [-0.1, -0.05) is 24.3 Å². The standard InChI is InChI=1S/C19H21N7O2/c1-13(2)22-19(28)23-15-9-7-14(8-10-15)11-20-18(27)16-5-3-4-6-17(16)26-12-21-24-25-26/h3-10,12-13H,11H2,1-2H3,(H,20,27)(H2,22,23,28). The number of amides is 3. The largest absolute Gasteiger partial charge is 0.348 e. The Bertz CT molecular complexity index is 937. The predicted molar refractivity (Wildman–Crippen MR) is 104 cm³/mol. The molecule has 144 valence electrons. The molecule has 2 aromatic carbocycles. The Balaban J connectivity index is 1.61. The number of hydrogen-bond donors (Lipinski definition) is 3. The van der Waals surface area contributed by atoms with E-state index in [1.54, 1.807) is 30.3 Å². The van der Waals surface area contributed by atoms with Gasteiger partial charge in [0.15, 0.2) is 0 Å². The fraction of sp³-hybridized carbons (Fsp3) is 0.211. The van der Waals surface area contributed by atoms with Crippen LogP contribution in [-0.4, -0.2) is 38.2 Å². The molecule has 0 fully saturated rings. The van der Waals surface area contributed by atoms with Gasteiger partial charge in [0, 0.05) is 18.3 Å². The zero-order chi connectivity index (χ0) is 19.9. The van der Waals surface area contributed by atoms with Crippen LogP contribution in [0, 0.1) is 0 Å². The second kappa shape index (κ2) is 8.76. The molecule has 0 saturated heterocycles. The van der Waals surface area contributed by atoms with Crippen molar-refractivity contribution in [1.29, 1.82) is 0 Å². The average Bonchev–Trinajstić information content (AvgIpc) is 3.21. The summed E-state index contributed by atoms with van der Waals surface area (Å²) in [6.45, 7) is 4.13. The molecule has 0 atom stereocenters. The molecular weight excluding hydrogens is 358 g/mol. The van der Waals surface area contributed by atoms with Crippen molar-refractivity contribution >= 4 is 17.6 Å². The molecule has 9 heteroatoms. The van der Waals surface area contributed by atoms with Crippen LogP contribution in [0.2, 0.25) is 0 Å². The number of para-hydroxylation sites is 1. The fourth-order valence-electron chi connectivity index (χ4n) is 2.55. The molecule has 0 spiro atoms. The first-order chi connectivity index (χ1) is 13.5. The summed E-state index contributed by atoms with van der Waals surface area (Å²) in [5, 5.41) is 19.4. The second-order valence-corrected chi connectivity index (χ2v) is 6.40. The molecule has 0 radical (unpaired) electrons. The van der Waals surface area contributed by atoms with Gasteiger partial charge in [0.1, 0.15) is 6.33 Å². The van der Waals surface area contributed by atoms with Crippen LogP contribution in [0.5, 0.6) is 0 Å². The topological polar surface area (TPSA) is 114 Å². The van der Waals surface area contributed by atoms with Crippen molar-refractivity contribution in [2.45, 2.75) is 26.4 Å². The summed E-state index contributed by atoms with van der Waals surface area (Å²) in [5.41, 5.74) is 2.65. The first kappa shape index (κ1) is 19.0. The SMILES string of the molecule is CC(C)NC(=O)Nc1ccc(CNC(=O)c2ccccc2-n2cnnn2)cc1. The number of rotatable bonds is 6. The van der Waals surface area contributed by atoms with Crippen LogP contribution in [0.15, 0.2) is 54.9 Å². The van der Waals surface area contributed by atoms with Crippen LogP contribution in [0.4, 0.5) is 10.5 Å². The molecule has 1 aromatic heterocycles. The average molecular weight is 379 g/mol. The maximum Gasteiger partial charge on any atom is 0.319 e. The minimum Gasteiger partial charge on any atom is -0.348 e. The van der Waals surface area contributed by atoms with Crippen molar-refractivity contribution in [3.8, 4) is 5.69 Å². The number of nitrogens with zero attached hydrogens (tertiary/aromatic N) is 4. The molecular formula is C19H21N7O2. The van der Waals surface area contributed by atoms with E-state index in [9.17, 15) is 9.59 Å². The maximum absolute atomic E-state index is 12.6. The van der Waals surface area contributed by atoms with Gasteiger partial charge >= 0.3 is 6.03 Å². The Kier molecular flexibility index (Phi) is 5.95. The third-order valence-electron chi connectivity index (χ3n) is 3.83. The Morgan fingerprint density at radius 2 is 1.82 bits per heavy atom. The fourth-order valence-corrected chi connectivity index (χ4v) is 2.55. The minimum atomic E-state index is -0.254. The van der Waals surface area contributed by atoms with Gasteiger partial charge in [-0.2, -0.15) is 4.68 Å². The smallest absolute Gasteiger partial charge is 0.319 e. The Labute approximate surface area is 162 Å². The lowest BCUT2D eigenvalue weighted by molar-refractivity contribution is 0.0950. The third-order valence-corrected chi connectivity index (χ3v) is 3.83.